The molecule has 0 spiro atoms. The summed E-state index contributed by atoms with van der Waals surface area (Å²) in [4.78, 5) is 2.47. The van der Waals surface area contributed by atoms with Crippen LogP contribution in [0, 0.1) is 11.8 Å². The maximum absolute atomic E-state index is 9.70. The van der Waals surface area contributed by atoms with E-state index in [0.717, 1.165) is 19.6 Å². The van der Waals surface area contributed by atoms with E-state index in [2.05, 4.69) is 11.8 Å². The maximum atomic E-state index is 9.70. The molecule has 1 heterocycles. The van der Waals surface area contributed by atoms with Crippen molar-refractivity contribution in [2.24, 2.45) is 11.8 Å². The first kappa shape index (κ1) is 7.56. The van der Waals surface area contributed by atoms with Crippen LogP contribution in [0.2, 0.25) is 0 Å². The Morgan fingerprint density at radius 1 is 1.27 bits per heavy atom. The van der Waals surface area contributed by atoms with Crippen molar-refractivity contribution in [3.05, 3.63) is 0 Å². The van der Waals surface area contributed by atoms with Gasteiger partial charge in [-0.2, -0.15) is 0 Å². The van der Waals surface area contributed by atoms with Gasteiger partial charge in [0.2, 0.25) is 0 Å². The predicted molar refractivity (Wildman–Crippen MR) is 44.3 cm³/mol. The van der Waals surface area contributed by atoms with Gasteiger partial charge < -0.3 is 10.0 Å². The molecule has 0 radical (unpaired) electrons. The molecular formula is C9H17NO. The van der Waals surface area contributed by atoms with Crippen LogP contribution in [-0.2, 0) is 0 Å². The molecule has 2 heteroatoms. The van der Waals surface area contributed by atoms with Crippen LogP contribution in [0.1, 0.15) is 19.8 Å². The molecule has 1 saturated heterocycles. The Bertz CT molecular complexity index is 134. The van der Waals surface area contributed by atoms with E-state index < -0.39 is 0 Å². The molecule has 0 aromatic rings. The number of rotatable bonds is 1. The summed E-state index contributed by atoms with van der Waals surface area (Å²) in [6.07, 6.45) is 2.53. The van der Waals surface area contributed by atoms with Crippen molar-refractivity contribution in [3.63, 3.8) is 0 Å². The summed E-state index contributed by atoms with van der Waals surface area (Å²) >= 11 is 0. The molecule has 2 bridgehead atoms. The minimum absolute atomic E-state index is 0.0257. The molecule has 2 nitrogen and oxygen atoms in total. The zero-order chi connectivity index (χ0) is 7.84. The molecule has 0 aromatic carbocycles. The molecule has 1 aliphatic carbocycles. The Hall–Kier alpha value is -0.0800. The third-order valence-corrected chi connectivity index (χ3v) is 3.31. The lowest BCUT2D eigenvalue weighted by molar-refractivity contribution is 0.0189. The van der Waals surface area contributed by atoms with Gasteiger partial charge in [-0.1, -0.05) is 6.92 Å². The fourth-order valence-corrected chi connectivity index (χ4v) is 2.55. The second-order valence-electron chi connectivity index (χ2n) is 3.94. The first-order valence-electron chi connectivity index (χ1n) is 4.71. The van der Waals surface area contributed by atoms with Gasteiger partial charge in [-0.05, 0) is 31.2 Å². The van der Waals surface area contributed by atoms with E-state index in [-0.39, 0.29) is 6.10 Å². The molecule has 1 aliphatic heterocycles. The molecule has 11 heavy (non-hydrogen) atoms. The minimum atomic E-state index is 0.0257. The van der Waals surface area contributed by atoms with Gasteiger partial charge in [0.15, 0.2) is 0 Å². The van der Waals surface area contributed by atoms with Crippen LogP contribution in [-0.4, -0.2) is 35.7 Å². The van der Waals surface area contributed by atoms with E-state index in [1.165, 1.54) is 12.8 Å². The van der Waals surface area contributed by atoms with E-state index in [4.69, 9.17) is 0 Å². The van der Waals surface area contributed by atoms with Gasteiger partial charge in [0, 0.05) is 13.1 Å². The van der Waals surface area contributed by atoms with E-state index in [9.17, 15) is 5.11 Å². The van der Waals surface area contributed by atoms with Crippen LogP contribution in [0.5, 0.6) is 0 Å². The van der Waals surface area contributed by atoms with Crippen molar-refractivity contribution < 1.29 is 5.11 Å². The van der Waals surface area contributed by atoms with Crippen LogP contribution < -0.4 is 0 Å². The molecule has 1 unspecified atom stereocenters. The van der Waals surface area contributed by atoms with E-state index in [1.807, 2.05) is 0 Å². The Labute approximate surface area is 68.2 Å². The quantitative estimate of drug-likeness (QED) is 0.603. The first-order valence-corrected chi connectivity index (χ1v) is 4.71. The van der Waals surface area contributed by atoms with E-state index in [1.54, 1.807) is 0 Å². The van der Waals surface area contributed by atoms with Crippen LogP contribution in [0.15, 0.2) is 0 Å². The molecule has 2 rings (SSSR count). The molecule has 2 aliphatic rings. The van der Waals surface area contributed by atoms with Gasteiger partial charge in [-0.15, -0.1) is 0 Å². The van der Waals surface area contributed by atoms with Crippen molar-refractivity contribution >= 4 is 0 Å². The van der Waals surface area contributed by atoms with Crippen molar-refractivity contribution in [2.75, 3.05) is 19.6 Å². The average molecular weight is 155 g/mol. The fourth-order valence-electron chi connectivity index (χ4n) is 2.55. The number of piperidine rings is 1. The van der Waals surface area contributed by atoms with E-state index >= 15 is 0 Å². The Morgan fingerprint density at radius 3 is 2.27 bits per heavy atom. The highest BCUT2D eigenvalue weighted by atomic mass is 16.3. The highest BCUT2D eigenvalue weighted by molar-refractivity contribution is 4.92. The zero-order valence-electron chi connectivity index (χ0n) is 7.16. The normalized spacial score (nSPS) is 44.7. The maximum Gasteiger partial charge on any atom is 0.0620 e. The number of hydrogen-bond donors (Lipinski definition) is 1. The number of fused-ring (bicyclic) bond motifs is 2. The molecule has 0 aromatic heterocycles. The number of aliphatic hydroxyl groups excluding tert-OH is 1. The van der Waals surface area contributed by atoms with Gasteiger partial charge in [0.25, 0.3) is 0 Å². The Balaban J connectivity index is 2.02. The molecule has 1 N–H and O–H groups in total. The molecular weight excluding hydrogens is 138 g/mol. The highest BCUT2D eigenvalue weighted by Crippen LogP contribution is 2.36. The molecule has 1 saturated carbocycles. The molecule has 64 valence electrons. The lowest BCUT2D eigenvalue weighted by Gasteiger charge is -2.34. The average Bonchev–Trinajstić information content (AvgIpc) is 2.26. The third-order valence-electron chi connectivity index (χ3n) is 3.31. The first-order chi connectivity index (χ1) is 5.31. The number of nitrogens with zero attached hydrogens (tertiary/aromatic N) is 1. The van der Waals surface area contributed by atoms with Crippen LogP contribution >= 0.6 is 0 Å². The highest BCUT2D eigenvalue weighted by Gasteiger charge is 2.40. The fraction of sp³-hybridized carbons (Fsp3) is 1.00. The summed E-state index contributed by atoms with van der Waals surface area (Å²) in [6.45, 7) is 5.62. The smallest absolute Gasteiger partial charge is 0.0620 e. The second-order valence-corrected chi connectivity index (χ2v) is 3.94. The molecule has 2 fully saturated rings. The van der Waals surface area contributed by atoms with Crippen LogP contribution in [0.3, 0.4) is 0 Å². The Morgan fingerprint density at radius 2 is 1.82 bits per heavy atom. The molecule has 3 atom stereocenters. The van der Waals surface area contributed by atoms with Crippen molar-refractivity contribution in [3.8, 4) is 0 Å². The predicted octanol–water partition coefficient (Wildman–Crippen LogP) is 0.709. The number of likely N-dealkylation sites (tertiary alicyclic amines) is 1. The van der Waals surface area contributed by atoms with Gasteiger partial charge >= 0.3 is 0 Å². The summed E-state index contributed by atoms with van der Waals surface area (Å²) in [5.41, 5.74) is 0. The van der Waals surface area contributed by atoms with Crippen molar-refractivity contribution in [1.29, 1.82) is 0 Å². The number of aliphatic hydroxyl groups is 1. The summed E-state index contributed by atoms with van der Waals surface area (Å²) < 4.78 is 0. The topological polar surface area (TPSA) is 23.5 Å². The van der Waals surface area contributed by atoms with Gasteiger partial charge in [0.1, 0.15) is 0 Å². The van der Waals surface area contributed by atoms with Gasteiger partial charge in [-0.25, -0.2) is 0 Å². The summed E-state index contributed by atoms with van der Waals surface area (Å²) in [5.74, 6) is 1.18. The standard InChI is InChI=1S/C9H17NO/c1-2-10-5-7-3-4-8(6-10)9(7)11/h7-9,11H,2-6H2,1H3/t7-,8+,9?. The van der Waals surface area contributed by atoms with E-state index in [0.29, 0.717) is 11.8 Å². The zero-order valence-corrected chi connectivity index (χ0v) is 7.16. The third kappa shape index (κ3) is 1.18. The number of hydrogen-bond acceptors (Lipinski definition) is 2. The Kier molecular flexibility index (Phi) is 1.90. The monoisotopic (exact) mass is 155 g/mol. The summed E-state index contributed by atoms with van der Waals surface area (Å²) in [5, 5.41) is 9.70. The van der Waals surface area contributed by atoms with Gasteiger partial charge in [0.05, 0.1) is 6.10 Å². The van der Waals surface area contributed by atoms with Gasteiger partial charge in [-0.3, -0.25) is 0 Å². The lowest BCUT2D eigenvalue weighted by atomic mass is 9.95. The van der Waals surface area contributed by atoms with Crippen molar-refractivity contribution in [2.45, 2.75) is 25.9 Å². The van der Waals surface area contributed by atoms with Crippen LogP contribution in [0.25, 0.3) is 0 Å². The summed E-state index contributed by atoms with van der Waals surface area (Å²) in [7, 11) is 0. The largest absolute Gasteiger partial charge is 0.392 e. The SMILES string of the molecule is CCN1C[C@H]2CC[C@@H](C1)C2O. The second kappa shape index (κ2) is 2.76. The summed E-state index contributed by atoms with van der Waals surface area (Å²) in [6, 6.07) is 0. The minimum Gasteiger partial charge on any atom is -0.392 e. The van der Waals surface area contributed by atoms with Crippen molar-refractivity contribution in [1.82, 2.24) is 4.90 Å². The lowest BCUT2D eigenvalue weighted by Crippen LogP contribution is -2.44. The molecule has 0 amide bonds. The van der Waals surface area contributed by atoms with Crippen LogP contribution in [0.4, 0.5) is 0 Å².